The molecule has 5 heteroatoms. The van der Waals surface area contributed by atoms with Crippen molar-refractivity contribution < 1.29 is 9.18 Å². The molecule has 1 aromatic carbocycles. The summed E-state index contributed by atoms with van der Waals surface area (Å²) >= 11 is 1.67. The molecule has 1 amide bonds. The Hall–Kier alpha value is -1.72. The van der Waals surface area contributed by atoms with Crippen LogP contribution in [0.15, 0.2) is 41.1 Å². The van der Waals surface area contributed by atoms with E-state index < -0.39 is 5.82 Å². The summed E-state index contributed by atoms with van der Waals surface area (Å²) < 4.78 is 13.7. The Morgan fingerprint density at radius 3 is 2.70 bits per heavy atom. The molecule has 0 spiro atoms. The molecule has 0 aliphatic carbocycles. The van der Waals surface area contributed by atoms with Gasteiger partial charge in [0, 0.05) is 6.54 Å². The van der Waals surface area contributed by atoms with E-state index in [0.717, 1.165) is 13.1 Å². The number of thiophene rings is 1. The van der Waals surface area contributed by atoms with Gasteiger partial charge >= 0.3 is 0 Å². The molecule has 0 saturated carbocycles. The van der Waals surface area contributed by atoms with Gasteiger partial charge in [-0.2, -0.15) is 11.3 Å². The number of carbonyl (C=O) groups excluding carboxylic acids is 1. The first-order valence-electron chi connectivity index (χ1n) is 8.04. The van der Waals surface area contributed by atoms with Crippen LogP contribution in [0.4, 0.5) is 4.39 Å². The predicted octanol–water partition coefficient (Wildman–Crippen LogP) is 3.84. The van der Waals surface area contributed by atoms with E-state index in [1.807, 2.05) is 0 Å². The molecule has 1 N–H and O–H groups in total. The third kappa shape index (κ3) is 3.98. The van der Waals surface area contributed by atoms with Gasteiger partial charge in [-0.25, -0.2) is 4.39 Å². The van der Waals surface area contributed by atoms with Crippen molar-refractivity contribution >= 4 is 17.2 Å². The zero-order valence-corrected chi connectivity index (χ0v) is 13.8. The van der Waals surface area contributed by atoms with Crippen molar-refractivity contribution in [1.29, 1.82) is 0 Å². The quantitative estimate of drug-likeness (QED) is 0.902. The summed E-state index contributed by atoms with van der Waals surface area (Å²) in [5, 5.41) is 7.10. The van der Waals surface area contributed by atoms with Crippen molar-refractivity contribution in [3.05, 3.63) is 58.0 Å². The molecule has 1 saturated heterocycles. The van der Waals surface area contributed by atoms with E-state index in [2.05, 4.69) is 27.0 Å². The third-order valence-electron chi connectivity index (χ3n) is 4.33. The lowest BCUT2D eigenvalue weighted by molar-refractivity contribution is 0.0920. The first-order chi connectivity index (χ1) is 11.3. The Balaban J connectivity index is 1.69. The molecule has 3 nitrogen and oxygen atoms in total. The molecule has 23 heavy (non-hydrogen) atoms. The average Bonchev–Trinajstić information content (AvgIpc) is 3.10. The predicted molar refractivity (Wildman–Crippen MR) is 91.2 cm³/mol. The lowest BCUT2D eigenvalue weighted by Gasteiger charge is -2.34. The highest BCUT2D eigenvalue weighted by atomic mass is 32.1. The third-order valence-corrected chi connectivity index (χ3v) is 5.04. The number of likely N-dealkylation sites (tertiary alicyclic amines) is 1. The summed E-state index contributed by atoms with van der Waals surface area (Å²) in [6.07, 6.45) is 3.66. The van der Waals surface area contributed by atoms with Crippen molar-refractivity contribution in [2.24, 2.45) is 0 Å². The van der Waals surface area contributed by atoms with Crippen LogP contribution in [0.3, 0.4) is 0 Å². The van der Waals surface area contributed by atoms with Crippen molar-refractivity contribution in [3.8, 4) is 0 Å². The summed E-state index contributed by atoms with van der Waals surface area (Å²) in [7, 11) is 0. The van der Waals surface area contributed by atoms with E-state index in [1.54, 1.807) is 23.5 Å². The smallest absolute Gasteiger partial charge is 0.254 e. The summed E-state index contributed by atoms with van der Waals surface area (Å²) in [5.41, 5.74) is 1.33. The van der Waals surface area contributed by atoms with E-state index in [1.165, 1.54) is 37.0 Å². The number of amides is 1. The van der Waals surface area contributed by atoms with Crippen LogP contribution in [0.5, 0.6) is 0 Å². The summed E-state index contributed by atoms with van der Waals surface area (Å²) in [5.74, 6) is -0.824. The number of hydrogen-bond acceptors (Lipinski definition) is 3. The van der Waals surface area contributed by atoms with Crippen LogP contribution >= 0.6 is 11.3 Å². The van der Waals surface area contributed by atoms with Crippen LogP contribution in [-0.4, -0.2) is 30.4 Å². The number of benzene rings is 1. The Kier molecular flexibility index (Phi) is 5.41. The first kappa shape index (κ1) is 16.1. The van der Waals surface area contributed by atoms with Gasteiger partial charge in [0.2, 0.25) is 0 Å². The number of carbonyl (C=O) groups is 1. The summed E-state index contributed by atoms with van der Waals surface area (Å²) in [6.45, 7) is 2.61. The topological polar surface area (TPSA) is 32.3 Å². The Morgan fingerprint density at radius 2 is 2.00 bits per heavy atom. The Morgan fingerprint density at radius 1 is 1.22 bits per heavy atom. The number of piperidine rings is 1. The molecular formula is C18H21FN2OS. The second-order valence-corrected chi connectivity index (χ2v) is 6.64. The molecule has 1 aliphatic heterocycles. The van der Waals surface area contributed by atoms with Gasteiger partial charge in [0.25, 0.3) is 5.91 Å². The molecule has 0 bridgehead atoms. The zero-order chi connectivity index (χ0) is 16.1. The normalized spacial score (nSPS) is 16.9. The van der Waals surface area contributed by atoms with E-state index in [4.69, 9.17) is 0 Å². The molecular weight excluding hydrogens is 311 g/mol. The van der Waals surface area contributed by atoms with Gasteiger partial charge in [-0.15, -0.1) is 0 Å². The Bertz CT molecular complexity index is 638. The summed E-state index contributed by atoms with van der Waals surface area (Å²) in [6, 6.07) is 8.38. The highest BCUT2D eigenvalue weighted by Crippen LogP contribution is 2.26. The molecule has 3 rings (SSSR count). The van der Waals surface area contributed by atoms with Gasteiger partial charge in [-0.05, 0) is 60.5 Å². The molecule has 1 aromatic heterocycles. The number of rotatable bonds is 5. The molecule has 1 unspecified atom stereocenters. The maximum Gasteiger partial charge on any atom is 0.254 e. The van der Waals surface area contributed by atoms with E-state index in [9.17, 15) is 9.18 Å². The average molecular weight is 332 g/mol. The molecule has 1 atom stereocenters. The fourth-order valence-electron chi connectivity index (χ4n) is 3.08. The van der Waals surface area contributed by atoms with Gasteiger partial charge in [0.1, 0.15) is 5.82 Å². The highest BCUT2D eigenvalue weighted by molar-refractivity contribution is 7.07. The van der Waals surface area contributed by atoms with Crippen LogP contribution in [-0.2, 0) is 0 Å². The Labute approximate surface area is 140 Å². The maximum absolute atomic E-state index is 13.7. The summed E-state index contributed by atoms with van der Waals surface area (Å²) in [4.78, 5) is 14.7. The van der Waals surface area contributed by atoms with Crippen molar-refractivity contribution in [3.63, 3.8) is 0 Å². The van der Waals surface area contributed by atoms with Gasteiger partial charge in [-0.3, -0.25) is 9.69 Å². The minimum atomic E-state index is -0.477. The van der Waals surface area contributed by atoms with E-state index >= 15 is 0 Å². The van der Waals surface area contributed by atoms with E-state index in [-0.39, 0.29) is 17.5 Å². The maximum atomic E-state index is 13.7. The lowest BCUT2D eigenvalue weighted by atomic mass is 10.0. The number of hydrogen-bond donors (Lipinski definition) is 1. The fourth-order valence-corrected chi connectivity index (χ4v) is 3.79. The minimum absolute atomic E-state index is 0.107. The second-order valence-electron chi connectivity index (χ2n) is 5.86. The molecule has 122 valence electrons. The molecule has 2 heterocycles. The zero-order valence-electron chi connectivity index (χ0n) is 13.0. The van der Waals surface area contributed by atoms with Crippen molar-refractivity contribution in [2.45, 2.75) is 25.3 Å². The monoisotopic (exact) mass is 332 g/mol. The molecule has 1 aliphatic rings. The van der Waals surface area contributed by atoms with Gasteiger partial charge < -0.3 is 5.32 Å². The van der Waals surface area contributed by atoms with Gasteiger partial charge in [-0.1, -0.05) is 18.6 Å². The van der Waals surface area contributed by atoms with Crippen LogP contribution < -0.4 is 5.32 Å². The van der Waals surface area contributed by atoms with Gasteiger partial charge in [0.15, 0.2) is 0 Å². The SMILES string of the molecule is O=C(NCC(c1ccsc1)N1CCCCC1)c1ccccc1F. The van der Waals surface area contributed by atoms with Crippen molar-refractivity contribution in [1.82, 2.24) is 10.2 Å². The van der Waals surface area contributed by atoms with E-state index in [0.29, 0.717) is 6.54 Å². The first-order valence-corrected chi connectivity index (χ1v) is 8.99. The molecule has 1 fully saturated rings. The van der Waals surface area contributed by atoms with Crippen LogP contribution in [0, 0.1) is 5.82 Å². The number of nitrogens with zero attached hydrogens (tertiary/aromatic N) is 1. The largest absolute Gasteiger partial charge is 0.350 e. The highest BCUT2D eigenvalue weighted by Gasteiger charge is 2.23. The molecule has 2 aromatic rings. The molecule has 0 radical (unpaired) electrons. The van der Waals surface area contributed by atoms with Crippen LogP contribution in [0.1, 0.15) is 41.2 Å². The number of nitrogens with one attached hydrogen (secondary N) is 1. The fraction of sp³-hybridized carbons (Fsp3) is 0.389. The standard InChI is InChI=1S/C18H21FN2OS/c19-16-7-3-2-6-15(16)18(22)20-12-17(14-8-11-23-13-14)21-9-4-1-5-10-21/h2-3,6-8,11,13,17H,1,4-5,9-10,12H2,(H,20,22). The lowest BCUT2D eigenvalue weighted by Crippen LogP contribution is -2.40. The minimum Gasteiger partial charge on any atom is -0.350 e. The van der Waals surface area contributed by atoms with Gasteiger partial charge in [0.05, 0.1) is 11.6 Å². The van der Waals surface area contributed by atoms with Crippen molar-refractivity contribution in [2.75, 3.05) is 19.6 Å². The second kappa shape index (κ2) is 7.70. The van der Waals surface area contributed by atoms with Crippen LogP contribution in [0.2, 0.25) is 0 Å². The van der Waals surface area contributed by atoms with Crippen LogP contribution in [0.25, 0.3) is 0 Å². The number of halogens is 1.